The Labute approximate surface area is 136 Å². The minimum absolute atomic E-state index is 0.0452. The van der Waals surface area contributed by atoms with Gasteiger partial charge in [-0.15, -0.1) is 0 Å². The lowest BCUT2D eigenvalue weighted by molar-refractivity contribution is -0.370. The first-order valence-electron chi connectivity index (χ1n) is 7.39. The molecule has 0 N–H and O–H groups in total. The average molecular weight is 324 g/mol. The van der Waals surface area contributed by atoms with Crippen LogP contribution >= 0.6 is 0 Å². The molecule has 0 aliphatic heterocycles. The number of hydrogen-bond acceptors (Lipinski definition) is 6. The summed E-state index contributed by atoms with van der Waals surface area (Å²) in [7, 11) is 1.25. The molecule has 128 valence electrons. The van der Waals surface area contributed by atoms with Crippen LogP contribution in [-0.4, -0.2) is 30.8 Å². The zero-order chi connectivity index (χ0) is 17.5. The highest BCUT2D eigenvalue weighted by atomic mass is 17.2. The van der Waals surface area contributed by atoms with E-state index in [4.69, 9.17) is 19.2 Å². The second-order valence-electron chi connectivity index (χ2n) is 6.11. The van der Waals surface area contributed by atoms with Gasteiger partial charge in [0.2, 0.25) is 6.10 Å². The standard InChI is InChI=1S/C17H24O6/c1-12(22-23-17(2,3)4)11-14(18)21-15(16(19)20-5)13-9-7-6-8-10-13/h6-10,12,15H,11H2,1-5H3/t12-,15-/m1/s1. The average Bonchev–Trinajstić information content (AvgIpc) is 2.50. The van der Waals surface area contributed by atoms with Crippen LogP contribution in [0.2, 0.25) is 0 Å². The Balaban J connectivity index is 2.62. The Morgan fingerprint density at radius 1 is 1.13 bits per heavy atom. The second-order valence-corrected chi connectivity index (χ2v) is 6.11. The molecule has 0 spiro atoms. The van der Waals surface area contributed by atoms with Crippen LogP contribution in [0.4, 0.5) is 0 Å². The Morgan fingerprint density at radius 2 is 1.74 bits per heavy atom. The van der Waals surface area contributed by atoms with Crippen LogP contribution < -0.4 is 0 Å². The Hall–Kier alpha value is -1.92. The summed E-state index contributed by atoms with van der Waals surface area (Å²) < 4.78 is 9.94. The van der Waals surface area contributed by atoms with E-state index >= 15 is 0 Å². The van der Waals surface area contributed by atoms with Gasteiger partial charge in [0.15, 0.2) is 0 Å². The van der Waals surface area contributed by atoms with Gasteiger partial charge in [0, 0.05) is 5.56 Å². The molecular weight excluding hydrogens is 300 g/mol. The summed E-state index contributed by atoms with van der Waals surface area (Å²) >= 11 is 0. The zero-order valence-electron chi connectivity index (χ0n) is 14.2. The summed E-state index contributed by atoms with van der Waals surface area (Å²) in [6, 6.07) is 8.69. The first-order chi connectivity index (χ1) is 10.7. The maximum absolute atomic E-state index is 12.0. The van der Waals surface area contributed by atoms with E-state index in [1.807, 2.05) is 20.8 Å². The second kappa shape index (κ2) is 8.64. The molecule has 6 heteroatoms. The lowest BCUT2D eigenvalue weighted by Crippen LogP contribution is -2.26. The van der Waals surface area contributed by atoms with Crippen molar-refractivity contribution in [3.63, 3.8) is 0 Å². The van der Waals surface area contributed by atoms with Crippen molar-refractivity contribution >= 4 is 11.9 Å². The van der Waals surface area contributed by atoms with Crippen molar-refractivity contribution in [2.24, 2.45) is 0 Å². The number of carbonyl (C=O) groups is 2. The molecule has 2 atom stereocenters. The largest absolute Gasteiger partial charge is 0.466 e. The van der Waals surface area contributed by atoms with Gasteiger partial charge in [0.1, 0.15) is 6.10 Å². The van der Waals surface area contributed by atoms with E-state index in [0.29, 0.717) is 5.56 Å². The van der Waals surface area contributed by atoms with E-state index in [0.717, 1.165) is 0 Å². The Kier molecular flexibility index (Phi) is 7.19. The van der Waals surface area contributed by atoms with Crippen LogP contribution in [0.1, 0.15) is 45.8 Å². The van der Waals surface area contributed by atoms with Crippen molar-refractivity contribution in [2.45, 2.75) is 51.9 Å². The predicted octanol–water partition coefficient (Wildman–Crippen LogP) is 2.97. The molecule has 0 fully saturated rings. The third kappa shape index (κ3) is 7.25. The molecule has 1 rings (SSSR count). The molecule has 0 radical (unpaired) electrons. The van der Waals surface area contributed by atoms with E-state index in [1.54, 1.807) is 37.3 Å². The van der Waals surface area contributed by atoms with E-state index in [-0.39, 0.29) is 6.42 Å². The number of hydrogen-bond donors (Lipinski definition) is 0. The molecule has 0 unspecified atom stereocenters. The van der Waals surface area contributed by atoms with Crippen molar-refractivity contribution in [2.75, 3.05) is 7.11 Å². The normalized spacial score (nSPS) is 14.0. The van der Waals surface area contributed by atoms with Crippen LogP contribution in [0.5, 0.6) is 0 Å². The smallest absolute Gasteiger partial charge is 0.351 e. The highest BCUT2D eigenvalue weighted by Gasteiger charge is 2.27. The minimum Gasteiger partial charge on any atom is -0.466 e. The topological polar surface area (TPSA) is 71.1 Å². The van der Waals surface area contributed by atoms with E-state index in [1.165, 1.54) is 7.11 Å². The molecule has 0 heterocycles. The van der Waals surface area contributed by atoms with Gasteiger partial charge in [0.05, 0.1) is 19.1 Å². The van der Waals surface area contributed by atoms with Gasteiger partial charge in [-0.1, -0.05) is 30.3 Å². The first-order valence-corrected chi connectivity index (χ1v) is 7.39. The molecule has 0 bridgehead atoms. The number of rotatable bonds is 7. The fourth-order valence-electron chi connectivity index (χ4n) is 1.66. The summed E-state index contributed by atoms with van der Waals surface area (Å²) in [5.74, 6) is -1.21. The van der Waals surface area contributed by atoms with Crippen molar-refractivity contribution < 1.29 is 28.8 Å². The number of methoxy groups -OCH3 is 1. The fraction of sp³-hybridized carbons (Fsp3) is 0.529. The molecule has 1 aromatic rings. The van der Waals surface area contributed by atoms with Crippen molar-refractivity contribution in [1.82, 2.24) is 0 Å². The maximum atomic E-state index is 12.0. The van der Waals surface area contributed by atoms with Crippen molar-refractivity contribution in [1.29, 1.82) is 0 Å². The number of benzene rings is 1. The lowest BCUT2D eigenvalue weighted by Gasteiger charge is -2.21. The van der Waals surface area contributed by atoms with Crippen molar-refractivity contribution in [3.05, 3.63) is 35.9 Å². The van der Waals surface area contributed by atoms with E-state index in [9.17, 15) is 9.59 Å². The maximum Gasteiger partial charge on any atom is 0.351 e. The van der Waals surface area contributed by atoms with Gasteiger partial charge in [-0.25, -0.2) is 14.6 Å². The van der Waals surface area contributed by atoms with Gasteiger partial charge in [0.25, 0.3) is 0 Å². The molecule has 0 amide bonds. The quantitative estimate of drug-likeness (QED) is 0.436. The summed E-state index contributed by atoms with van der Waals surface area (Å²) in [6.07, 6.45) is -1.64. The van der Waals surface area contributed by atoms with Crippen LogP contribution in [0.25, 0.3) is 0 Å². The zero-order valence-corrected chi connectivity index (χ0v) is 14.2. The summed E-state index contributed by atoms with van der Waals surface area (Å²) in [4.78, 5) is 34.1. The monoisotopic (exact) mass is 324 g/mol. The highest BCUT2D eigenvalue weighted by Crippen LogP contribution is 2.20. The SMILES string of the molecule is COC(=O)[C@H](OC(=O)C[C@@H](C)OOC(C)(C)C)c1ccccc1. The first kappa shape index (κ1) is 19.1. The number of ether oxygens (including phenoxy) is 2. The predicted molar refractivity (Wildman–Crippen MR) is 83.3 cm³/mol. The van der Waals surface area contributed by atoms with Crippen LogP contribution in [0.15, 0.2) is 30.3 Å². The van der Waals surface area contributed by atoms with Gasteiger partial charge in [-0.2, -0.15) is 0 Å². The molecule has 0 saturated heterocycles. The molecule has 0 saturated carbocycles. The minimum atomic E-state index is -1.09. The Morgan fingerprint density at radius 3 is 2.26 bits per heavy atom. The molecule has 23 heavy (non-hydrogen) atoms. The molecule has 6 nitrogen and oxygen atoms in total. The van der Waals surface area contributed by atoms with Gasteiger partial charge >= 0.3 is 11.9 Å². The molecule has 1 aromatic carbocycles. The third-order valence-corrected chi connectivity index (χ3v) is 2.68. The number of carbonyl (C=O) groups excluding carboxylic acids is 2. The Bertz CT molecular complexity index is 506. The number of esters is 2. The van der Waals surface area contributed by atoms with Crippen LogP contribution in [0, 0.1) is 0 Å². The van der Waals surface area contributed by atoms with Gasteiger partial charge in [-0.05, 0) is 27.7 Å². The summed E-state index contributed by atoms with van der Waals surface area (Å²) in [5, 5.41) is 0. The van der Waals surface area contributed by atoms with Gasteiger partial charge in [-0.3, -0.25) is 4.79 Å². The van der Waals surface area contributed by atoms with Crippen molar-refractivity contribution in [3.8, 4) is 0 Å². The van der Waals surface area contributed by atoms with Gasteiger partial charge < -0.3 is 9.47 Å². The van der Waals surface area contributed by atoms with E-state index in [2.05, 4.69) is 0 Å². The lowest BCUT2D eigenvalue weighted by atomic mass is 10.1. The summed E-state index contributed by atoms with van der Waals surface area (Å²) in [6.45, 7) is 7.19. The highest BCUT2D eigenvalue weighted by molar-refractivity contribution is 5.80. The van der Waals surface area contributed by atoms with Crippen LogP contribution in [-0.2, 0) is 28.8 Å². The molecule has 0 aliphatic carbocycles. The molecule has 0 aliphatic rings. The van der Waals surface area contributed by atoms with Crippen LogP contribution in [0.3, 0.4) is 0 Å². The third-order valence-electron chi connectivity index (χ3n) is 2.68. The van der Waals surface area contributed by atoms with E-state index < -0.39 is 29.7 Å². The molecular formula is C17H24O6. The fourth-order valence-corrected chi connectivity index (χ4v) is 1.66. The summed E-state index contributed by atoms with van der Waals surface area (Å²) in [5.41, 5.74) is 0.0729. The molecule has 0 aromatic heterocycles.